The summed E-state index contributed by atoms with van der Waals surface area (Å²) in [4.78, 5) is 47.8. The predicted molar refractivity (Wildman–Crippen MR) is 112 cm³/mol. The van der Waals surface area contributed by atoms with Crippen LogP contribution in [0.25, 0.3) is 0 Å². The number of imide groups is 1. The molecule has 1 saturated carbocycles. The summed E-state index contributed by atoms with van der Waals surface area (Å²) in [5.74, 6) is -2.40. The summed E-state index contributed by atoms with van der Waals surface area (Å²) in [7, 11) is 0. The molecule has 0 radical (unpaired) electrons. The van der Waals surface area contributed by atoms with Crippen molar-refractivity contribution < 1.29 is 28.8 Å². The number of nitro groups is 1. The molecule has 4 atom stereocenters. The maximum absolute atomic E-state index is 12.7. The third-order valence-electron chi connectivity index (χ3n) is 5.71. The number of hydrogen-bond donors (Lipinski definition) is 0. The highest BCUT2D eigenvalue weighted by molar-refractivity contribution is 6.32. The highest BCUT2D eigenvalue weighted by Crippen LogP contribution is 2.52. The first-order valence-corrected chi connectivity index (χ1v) is 10.5. The van der Waals surface area contributed by atoms with Crippen LogP contribution in [0.15, 0.2) is 29.4 Å². The molecule has 1 aromatic rings. The summed E-state index contributed by atoms with van der Waals surface area (Å²) < 4.78 is 10.2. The molecule has 0 N–H and O–H groups in total. The number of benzene rings is 1. The van der Waals surface area contributed by atoms with Gasteiger partial charge in [-0.15, -0.1) is 0 Å². The first kappa shape index (κ1) is 21.9. The fourth-order valence-corrected chi connectivity index (χ4v) is 4.78. The number of nitro benzene ring substituents is 1. The minimum atomic E-state index is -0.716. The van der Waals surface area contributed by atoms with Crippen LogP contribution in [0.3, 0.4) is 0 Å². The van der Waals surface area contributed by atoms with Crippen LogP contribution in [-0.4, -0.2) is 46.6 Å². The van der Waals surface area contributed by atoms with Gasteiger partial charge in [0.05, 0.1) is 34.1 Å². The third-order valence-corrected chi connectivity index (χ3v) is 5.99. The van der Waals surface area contributed by atoms with Crippen molar-refractivity contribution in [3.05, 3.63) is 45.0 Å². The topological polar surface area (TPSA) is 128 Å². The average molecular weight is 462 g/mol. The molecule has 2 bridgehead atoms. The molecular weight excluding hydrogens is 442 g/mol. The number of carbonyl (C=O) groups is 3. The zero-order valence-corrected chi connectivity index (χ0v) is 18.0. The molecule has 1 aromatic carbocycles. The van der Waals surface area contributed by atoms with E-state index in [1.807, 2.05) is 12.2 Å². The van der Waals surface area contributed by atoms with Crippen LogP contribution in [0.1, 0.15) is 25.8 Å². The molecule has 168 valence electrons. The van der Waals surface area contributed by atoms with Crippen molar-refractivity contribution in [2.45, 2.75) is 26.4 Å². The molecule has 0 aromatic heterocycles. The van der Waals surface area contributed by atoms with E-state index in [2.05, 4.69) is 5.10 Å². The zero-order chi connectivity index (χ0) is 23.2. The van der Waals surface area contributed by atoms with Crippen molar-refractivity contribution in [2.75, 3.05) is 6.61 Å². The SMILES string of the molecule is CC(C)OC(=O)COc1c(Cl)cc(C=NN2C(=O)[C@@H]3[C@H](C2=O)[C@H]2C=C[C@H]3C2)cc1[N+](=O)[O-]. The van der Waals surface area contributed by atoms with Gasteiger partial charge in [0.1, 0.15) is 0 Å². The highest BCUT2D eigenvalue weighted by Gasteiger charge is 2.59. The zero-order valence-electron chi connectivity index (χ0n) is 17.3. The molecule has 32 heavy (non-hydrogen) atoms. The van der Waals surface area contributed by atoms with E-state index in [0.717, 1.165) is 17.5 Å². The van der Waals surface area contributed by atoms with Crippen LogP contribution in [0.4, 0.5) is 5.69 Å². The monoisotopic (exact) mass is 461 g/mol. The summed E-state index contributed by atoms with van der Waals surface area (Å²) in [5, 5.41) is 16.2. The van der Waals surface area contributed by atoms with Gasteiger partial charge in [0.2, 0.25) is 5.75 Å². The lowest BCUT2D eigenvalue weighted by molar-refractivity contribution is -0.385. The normalized spacial score (nSPS) is 25.8. The molecule has 0 unspecified atom stereocenters. The first-order valence-electron chi connectivity index (χ1n) is 10.1. The number of ether oxygens (including phenoxy) is 2. The lowest BCUT2D eigenvalue weighted by atomic mass is 9.85. The Hall–Kier alpha value is -3.27. The van der Waals surface area contributed by atoms with Crippen LogP contribution in [-0.2, 0) is 19.1 Å². The van der Waals surface area contributed by atoms with Crippen LogP contribution < -0.4 is 4.74 Å². The van der Waals surface area contributed by atoms with Gasteiger partial charge in [0, 0.05) is 11.6 Å². The Kier molecular flexibility index (Phi) is 5.72. The number of halogens is 1. The van der Waals surface area contributed by atoms with Gasteiger partial charge in [0.25, 0.3) is 11.8 Å². The molecule has 2 amide bonds. The minimum absolute atomic E-state index is 0.0519. The molecular formula is C21H20ClN3O7. The van der Waals surface area contributed by atoms with Crippen LogP contribution in [0.2, 0.25) is 5.02 Å². The maximum Gasteiger partial charge on any atom is 0.344 e. The summed E-state index contributed by atoms with van der Waals surface area (Å²) in [5.41, 5.74) is -0.299. The second kappa shape index (κ2) is 8.34. The number of rotatable bonds is 7. The van der Waals surface area contributed by atoms with Gasteiger partial charge in [-0.25, -0.2) is 4.79 Å². The Morgan fingerprint density at radius 2 is 1.91 bits per heavy atom. The number of esters is 1. The number of nitrogens with zero attached hydrogens (tertiary/aromatic N) is 3. The largest absolute Gasteiger partial charge is 0.474 e. The smallest absolute Gasteiger partial charge is 0.344 e. The lowest BCUT2D eigenvalue weighted by Crippen LogP contribution is -2.28. The summed E-state index contributed by atoms with van der Waals surface area (Å²) >= 11 is 6.15. The Labute approximate surface area is 187 Å². The minimum Gasteiger partial charge on any atom is -0.474 e. The number of allylic oxidation sites excluding steroid dienone is 2. The Balaban J connectivity index is 1.53. The van der Waals surface area contributed by atoms with Crippen molar-refractivity contribution >= 4 is 41.3 Å². The Morgan fingerprint density at radius 3 is 2.47 bits per heavy atom. The quantitative estimate of drug-likeness (QED) is 0.152. The van der Waals surface area contributed by atoms with Gasteiger partial charge >= 0.3 is 11.7 Å². The van der Waals surface area contributed by atoms with E-state index < -0.39 is 35.0 Å². The van der Waals surface area contributed by atoms with Gasteiger partial charge < -0.3 is 9.47 Å². The molecule has 0 spiro atoms. The fourth-order valence-electron chi connectivity index (χ4n) is 4.51. The van der Waals surface area contributed by atoms with Crippen molar-refractivity contribution in [3.8, 4) is 5.75 Å². The average Bonchev–Trinajstić information content (AvgIpc) is 3.39. The molecule has 11 heteroatoms. The fraction of sp³-hybridized carbons (Fsp3) is 0.429. The number of hydrogen-bond acceptors (Lipinski definition) is 8. The summed E-state index contributed by atoms with van der Waals surface area (Å²) in [6.45, 7) is 2.76. The van der Waals surface area contributed by atoms with Gasteiger partial charge in [-0.2, -0.15) is 10.1 Å². The number of carbonyl (C=O) groups excluding carboxylic acids is 3. The number of hydrazone groups is 1. The molecule has 1 saturated heterocycles. The maximum atomic E-state index is 12.7. The van der Waals surface area contributed by atoms with Crippen molar-refractivity contribution in [1.82, 2.24) is 5.01 Å². The van der Waals surface area contributed by atoms with Gasteiger partial charge in [-0.05, 0) is 38.2 Å². The van der Waals surface area contributed by atoms with E-state index >= 15 is 0 Å². The molecule has 1 aliphatic heterocycles. The van der Waals surface area contributed by atoms with Crippen LogP contribution in [0, 0.1) is 33.8 Å². The predicted octanol–water partition coefficient (Wildman–Crippen LogP) is 2.72. The second-order valence-electron chi connectivity index (χ2n) is 8.17. The number of amides is 2. The van der Waals surface area contributed by atoms with Crippen molar-refractivity contribution in [2.24, 2.45) is 28.8 Å². The molecule has 2 aliphatic carbocycles. The van der Waals surface area contributed by atoms with E-state index in [1.54, 1.807) is 13.8 Å². The van der Waals surface area contributed by atoms with E-state index in [9.17, 15) is 24.5 Å². The first-order chi connectivity index (χ1) is 15.2. The molecule has 10 nitrogen and oxygen atoms in total. The number of fused-ring (bicyclic) bond motifs is 5. The van der Waals surface area contributed by atoms with E-state index in [1.165, 1.54) is 12.3 Å². The molecule has 4 rings (SSSR count). The second-order valence-corrected chi connectivity index (χ2v) is 8.58. The van der Waals surface area contributed by atoms with Crippen molar-refractivity contribution in [3.63, 3.8) is 0 Å². The third kappa shape index (κ3) is 3.86. The molecule has 3 aliphatic rings. The summed E-state index contributed by atoms with van der Waals surface area (Å²) in [6, 6.07) is 2.47. The van der Waals surface area contributed by atoms with E-state index in [-0.39, 0.29) is 46.1 Å². The lowest BCUT2D eigenvalue weighted by Gasteiger charge is -2.13. The standard InChI is InChI=1S/C21H20ClN3O7/c1-10(2)32-16(26)9-31-19-14(22)5-11(6-15(19)25(29)30)8-23-24-20(27)17-12-3-4-13(7-12)18(17)21(24)28/h3-6,8,10,12-13,17-18H,7,9H2,1-2H3/t12-,13-,17-,18+/m0/s1. The molecule has 2 fully saturated rings. The van der Waals surface area contributed by atoms with Crippen molar-refractivity contribution in [1.29, 1.82) is 0 Å². The van der Waals surface area contributed by atoms with E-state index in [0.29, 0.717) is 0 Å². The van der Waals surface area contributed by atoms with Crippen LogP contribution >= 0.6 is 11.6 Å². The Bertz CT molecular complexity index is 1040. The highest BCUT2D eigenvalue weighted by atomic mass is 35.5. The van der Waals surface area contributed by atoms with Gasteiger partial charge in [0.15, 0.2) is 6.61 Å². The molecule has 1 heterocycles. The van der Waals surface area contributed by atoms with Gasteiger partial charge in [-0.1, -0.05) is 23.8 Å². The van der Waals surface area contributed by atoms with Crippen LogP contribution in [0.5, 0.6) is 5.75 Å². The van der Waals surface area contributed by atoms with E-state index in [4.69, 9.17) is 21.1 Å². The Morgan fingerprint density at radius 1 is 1.28 bits per heavy atom. The van der Waals surface area contributed by atoms with Gasteiger partial charge in [-0.3, -0.25) is 19.7 Å². The summed E-state index contributed by atoms with van der Waals surface area (Å²) in [6.07, 6.45) is 5.56.